The van der Waals surface area contributed by atoms with E-state index in [0.717, 1.165) is 36.8 Å². The Hall–Kier alpha value is -1.66. The molecule has 0 radical (unpaired) electrons. The summed E-state index contributed by atoms with van der Waals surface area (Å²) in [5.41, 5.74) is 1.57. The van der Waals surface area contributed by atoms with E-state index in [0.29, 0.717) is 37.2 Å². The molecule has 2 unspecified atom stereocenters. The molecule has 4 aliphatic rings. The van der Waals surface area contributed by atoms with Crippen LogP contribution in [0.2, 0.25) is 0 Å². The van der Waals surface area contributed by atoms with Crippen LogP contribution >= 0.6 is 0 Å². The number of carboxylic acids is 1. The molecule has 0 amide bonds. The number of hydrogen-bond donors (Lipinski definition) is 3. The second kappa shape index (κ2) is 9.82. The maximum Gasteiger partial charge on any atom is 0.331 e. The first-order valence-electron chi connectivity index (χ1n) is 14.3. The first kappa shape index (κ1) is 28.4. The molecule has 208 valence electrons. The molecule has 10 atom stereocenters. The Kier molecular flexibility index (Phi) is 7.53. The Morgan fingerprint density at radius 3 is 2.30 bits per heavy atom. The summed E-state index contributed by atoms with van der Waals surface area (Å²) in [5.74, 6) is -0.909. The van der Waals surface area contributed by atoms with Crippen molar-refractivity contribution in [3.8, 4) is 0 Å². The Balaban J connectivity index is 1.82. The quantitative estimate of drug-likeness (QED) is 0.247. The zero-order valence-corrected chi connectivity index (χ0v) is 23.8. The molecule has 6 heteroatoms. The van der Waals surface area contributed by atoms with Crippen LogP contribution in [0.25, 0.3) is 0 Å². The number of ether oxygens (including phenoxy) is 1. The number of esters is 1. The summed E-state index contributed by atoms with van der Waals surface area (Å²) in [6, 6.07) is 0. The van der Waals surface area contributed by atoms with Crippen LogP contribution in [0.4, 0.5) is 0 Å². The third-order valence-electron chi connectivity index (χ3n) is 11.6. The second-order valence-corrected chi connectivity index (χ2v) is 13.6. The van der Waals surface area contributed by atoms with Crippen molar-refractivity contribution in [3.05, 3.63) is 22.8 Å². The van der Waals surface area contributed by atoms with Crippen molar-refractivity contribution < 1.29 is 29.6 Å². The predicted octanol–water partition coefficient (Wildman–Crippen LogP) is 5.67. The van der Waals surface area contributed by atoms with Gasteiger partial charge < -0.3 is 20.1 Å². The van der Waals surface area contributed by atoms with Gasteiger partial charge in [-0.2, -0.15) is 0 Å². The third kappa shape index (κ3) is 4.40. The number of carbonyl (C=O) groups is 2. The van der Waals surface area contributed by atoms with Crippen molar-refractivity contribution in [1.29, 1.82) is 0 Å². The lowest BCUT2D eigenvalue weighted by Gasteiger charge is -2.69. The van der Waals surface area contributed by atoms with E-state index in [-0.39, 0.29) is 40.1 Å². The molecule has 3 N–H and O–H groups in total. The molecular weight excluding hydrogens is 468 g/mol. The Morgan fingerprint density at radius 1 is 1.03 bits per heavy atom. The minimum absolute atomic E-state index is 0.0474. The molecule has 0 saturated heterocycles. The van der Waals surface area contributed by atoms with Crippen LogP contribution in [0.1, 0.15) is 99.8 Å². The highest BCUT2D eigenvalue weighted by Crippen LogP contribution is 2.74. The monoisotopic (exact) mass is 516 g/mol. The highest BCUT2D eigenvalue weighted by atomic mass is 16.5. The average molecular weight is 517 g/mol. The molecule has 0 aromatic heterocycles. The van der Waals surface area contributed by atoms with Gasteiger partial charge in [0.25, 0.3) is 0 Å². The van der Waals surface area contributed by atoms with Gasteiger partial charge in [0.2, 0.25) is 0 Å². The molecule has 4 rings (SSSR count). The number of carbonyl (C=O) groups excluding carboxylic acids is 1. The van der Waals surface area contributed by atoms with E-state index in [4.69, 9.17) is 4.74 Å². The summed E-state index contributed by atoms with van der Waals surface area (Å²) in [5, 5.41) is 32.9. The van der Waals surface area contributed by atoms with Crippen LogP contribution in [0, 0.1) is 39.9 Å². The first-order chi connectivity index (χ1) is 17.2. The number of aliphatic hydroxyl groups excluding tert-OH is 2. The van der Waals surface area contributed by atoms with Crippen molar-refractivity contribution in [3.63, 3.8) is 0 Å². The summed E-state index contributed by atoms with van der Waals surface area (Å²) in [6.45, 7) is 14.5. The van der Waals surface area contributed by atoms with Gasteiger partial charge >= 0.3 is 11.9 Å². The summed E-state index contributed by atoms with van der Waals surface area (Å²) in [7, 11) is 0. The van der Waals surface area contributed by atoms with Crippen LogP contribution in [0.3, 0.4) is 0 Å². The molecule has 0 aliphatic heterocycles. The van der Waals surface area contributed by atoms with Gasteiger partial charge in [0, 0.05) is 12.5 Å². The van der Waals surface area contributed by atoms with E-state index < -0.39 is 24.1 Å². The number of rotatable bonds is 5. The van der Waals surface area contributed by atoms with E-state index in [1.807, 2.05) is 19.9 Å². The van der Waals surface area contributed by atoms with Crippen molar-refractivity contribution in [2.75, 3.05) is 0 Å². The number of hydrogen-bond acceptors (Lipinski definition) is 5. The summed E-state index contributed by atoms with van der Waals surface area (Å²) < 4.78 is 5.87. The maximum absolute atomic E-state index is 12.6. The number of allylic oxidation sites excluding steroid dienone is 2. The summed E-state index contributed by atoms with van der Waals surface area (Å²) >= 11 is 0. The van der Waals surface area contributed by atoms with Crippen molar-refractivity contribution in [2.45, 2.75) is 118 Å². The van der Waals surface area contributed by atoms with E-state index in [1.165, 1.54) is 6.92 Å². The Bertz CT molecular complexity index is 994. The Labute approximate surface area is 222 Å². The van der Waals surface area contributed by atoms with Gasteiger partial charge in [-0.25, -0.2) is 4.79 Å². The zero-order chi connectivity index (χ0) is 27.5. The molecule has 0 aromatic rings. The third-order valence-corrected chi connectivity index (χ3v) is 11.6. The van der Waals surface area contributed by atoms with Crippen molar-refractivity contribution in [2.24, 2.45) is 39.9 Å². The van der Waals surface area contributed by atoms with E-state index in [9.17, 15) is 24.9 Å². The fraction of sp³-hybridized carbons (Fsp3) is 0.806. The van der Waals surface area contributed by atoms with E-state index in [1.54, 1.807) is 0 Å². The maximum atomic E-state index is 12.6. The molecule has 4 fully saturated rings. The van der Waals surface area contributed by atoms with Gasteiger partial charge in [-0.3, -0.25) is 4.79 Å². The van der Waals surface area contributed by atoms with Gasteiger partial charge in [-0.1, -0.05) is 39.3 Å². The molecular formula is C31H48O6. The summed E-state index contributed by atoms with van der Waals surface area (Å²) in [4.78, 5) is 24.8. The van der Waals surface area contributed by atoms with Gasteiger partial charge in [-0.15, -0.1) is 0 Å². The van der Waals surface area contributed by atoms with Gasteiger partial charge in [0.1, 0.15) is 6.10 Å². The van der Waals surface area contributed by atoms with Crippen LogP contribution in [0.5, 0.6) is 0 Å². The predicted molar refractivity (Wildman–Crippen MR) is 143 cm³/mol. The molecule has 37 heavy (non-hydrogen) atoms. The Morgan fingerprint density at radius 2 is 1.70 bits per heavy atom. The highest BCUT2D eigenvalue weighted by Gasteiger charge is 2.70. The van der Waals surface area contributed by atoms with Crippen LogP contribution < -0.4 is 0 Å². The van der Waals surface area contributed by atoms with E-state index in [2.05, 4.69) is 27.7 Å². The number of fused-ring (bicyclic) bond motifs is 5. The highest BCUT2D eigenvalue weighted by molar-refractivity contribution is 5.88. The van der Waals surface area contributed by atoms with E-state index >= 15 is 0 Å². The second-order valence-electron chi connectivity index (χ2n) is 13.6. The molecule has 0 aromatic carbocycles. The normalized spacial score (nSPS) is 46.2. The number of carboxylic acid groups (broad SMARTS) is 1. The lowest BCUT2D eigenvalue weighted by molar-refractivity contribution is -0.234. The topological polar surface area (TPSA) is 104 Å². The average Bonchev–Trinajstić information content (AvgIpc) is 3.05. The lowest BCUT2D eigenvalue weighted by Crippen LogP contribution is -2.65. The molecule has 4 aliphatic carbocycles. The number of aliphatic carboxylic acids is 1. The zero-order valence-electron chi connectivity index (χ0n) is 23.8. The largest absolute Gasteiger partial charge is 0.478 e. The SMILES string of the molecule is CC(=O)O[C@H]1C[C@@]2(C)[C@@H](CC(O)C3[C@]2(C)CC[C@H]2[C@@H](C)[C@H](O)CC[C@]32C)C1=C(CCC=C(C)C)C(=O)O. The molecule has 6 nitrogen and oxygen atoms in total. The van der Waals surface area contributed by atoms with Crippen LogP contribution in [0.15, 0.2) is 22.8 Å². The molecule has 0 spiro atoms. The van der Waals surface area contributed by atoms with Gasteiger partial charge in [0.05, 0.1) is 12.2 Å². The van der Waals surface area contributed by atoms with Crippen LogP contribution in [-0.2, 0) is 14.3 Å². The minimum atomic E-state index is -0.953. The molecule has 4 saturated carbocycles. The standard InChI is InChI=1S/C31H48O6/c1-17(2)9-8-10-20(28(35)36)26-22-15-24(34)27-29(5)13-12-23(33)18(3)21(29)11-14-30(27,6)31(22,7)16-25(26)37-19(4)32/h9,18,21-25,27,33-34H,8,10-16H2,1-7H3,(H,35,36)/t18-,21+,22+,23-,24?,25+,27?,29+,30+,31+/m1/s1. The smallest absolute Gasteiger partial charge is 0.331 e. The van der Waals surface area contributed by atoms with Gasteiger partial charge in [0.15, 0.2) is 0 Å². The van der Waals surface area contributed by atoms with Crippen molar-refractivity contribution >= 4 is 11.9 Å². The molecule has 0 bridgehead atoms. The summed E-state index contributed by atoms with van der Waals surface area (Å²) in [6.07, 6.45) is 6.22. The molecule has 0 heterocycles. The fourth-order valence-corrected chi connectivity index (χ4v) is 9.79. The lowest BCUT2D eigenvalue weighted by atomic mass is 9.36. The van der Waals surface area contributed by atoms with Gasteiger partial charge in [-0.05, 0) is 111 Å². The first-order valence-corrected chi connectivity index (χ1v) is 14.3. The number of aliphatic hydroxyl groups is 2. The van der Waals surface area contributed by atoms with Crippen molar-refractivity contribution in [1.82, 2.24) is 0 Å². The minimum Gasteiger partial charge on any atom is -0.478 e. The fourth-order valence-electron chi connectivity index (χ4n) is 9.79. The van der Waals surface area contributed by atoms with Crippen LogP contribution in [-0.4, -0.2) is 45.6 Å².